The maximum atomic E-state index is 11.8. The molecule has 1 N–H and O–H groups in total. The molecule has 0 saturated carbocycles. The van der Waals surface area contributed by atoms with Crippen molar-refractivity contribution in [3.05, 3.63) is 33.3 Å². The van der Waals surface area contributed by atoms with E-state index in [0.717, 1.165) is 10.9 Å². The van der Waals surface area contributed by atoms with Crippen LogP contribution in [0, 0.1) is 0 Å². The highest BCUT2D eigenvalue weighted by molar-refractivity contribution is 9.10. The standard InChI is InChI=1S/C11H12Br2ClNO/c1-2-7(12)6-15-11(16)9-4-3-8(13)5-10(9)14/h3-5,7H,2,6H2,1H3,(H,15,16). The Kier molecular flexibility index (Phi) is 5.79. The lowest BCUT2D eigenvalue weighted by Gasteiger charge is -2.09. The second-order valence-corrected chi connectivity index (χ2v) is 5.96. The molecule has 0 fully saturated rings. The van der Waals surface area contributed by atoms with E-state index in [2.05, 4.69) is 44.1 Å². The molecule has 0 heterocycles. The highest BCUT2D eigenvalue weighted by Gasteiger charge is 2.11. The smallest absolute Gasteiger partial charge is 0.252 e. The first-order chi connectivity index (χ1) is 7.54. The second kappa shape index (κ2) is 6.62. The van der Waals surface area contributed by atoms with Crippen LogP contribution >= 0.6 is 43.5 Å². The summed E-state index contributed by atoms with van der Waals surface area (Å²) >= 11 is 12.7. The minimum absolute atomic E-state index is 0.143. The molecule has 0 spiro atoms. The van der Waals surface area contributed by atoms with Gasteiger partial charge in [0.1, 0.15) is 0 Å². The Balaban J connectivity index is 2.66. The van der Waals surface area contributed by atoms with Gasteiger partial charge in [-0.05, 0) is 24.6 Å². The van der Waals surface area contributed by atoms with Crippen molar-refractivity contribution in [2.24, 2.45) is 0 Å². The fraction of sp³-hybridized carbons (Fsp3) is 0.364. The summed E-state index contributed by atoms with van der Waals surface area (Å²) in [4.78, 5) is 12.1. The summed E-state index contributed by atoms with van der Waals surface area (Å²) in [5.41, 5.74) is 0.501. The number of carbonyl (C=O) groups excluding carboxylic acids is 1. The maximum absolute atomic E-state index is 11.8. The maximum Gasteiger partial charge on any atom is 0.252 e. The van der Waals surface area contributed by atoms with Crippen molar-refractivity contribution >= 4 is 49.4 Å². The molecule has 1 atom stereocenters. The van der Waals surface area contributed by atoms with Crippen LogP contribution in [-0.4, -0.2) is 17.3 Å². The highest BCUT2D eigenvalue weighted by atomic mass is 79.9. The number of halogens is 3. The van der Waals surface area contributed by atoms with E-state index in [9.17, 15) is 4.79 Å². The predicted molar refractivity (Wildman–Crippen MR) is 74.5 cm³/mol. The Bertz CT molecular complexity index is 384. The van der Waals surface area contributed by atoms with E-state index in [1.54, 1.807) is 18.2 Å². The summed E-state index contributed by atoms with van der Waals surface area (Å²) in [5.74, 6) is -0.143. The molecule has 16 heavy (non-hydrogen) atoms. The summed E-state index contributed by atoms with van der Waals surface area (Å²) in [6, 6.07) is 5.21. The van der Waals surface area contributed by atoms with Gasteiger partial charge in [-0.1, -0.05) is 50.4 Å². The first-order valence-corrected chi connectivity index (χ1v) is 7.00. The lowest BCUT2D eigenvalue weighted by Crippen LogP contribution is -2.29. The Labute approximate surface area is 117 Å². The van der Waals surface area contributed by atoms with Gasteiger partial charge in [-0.2, -0.15) is 0 Å². The van der Waals surface area contributed by atoms with Crippen LogP contribution in [0.2, 0.25) is 5.02 Å². The van der Waals surface area contributed by atoms with Crippen molar-refractivity contribution in [1.29, 1.82) is 0 Å². The first-order valence-electron chi connectivity index (χ1n) is 4.92. The molecule has 1 aromatic carbocycles. The van der Waals surface area contributed by atoms with E-state index in [-0.39, 0.29) is 5.91 Å². The Hall–Kier alpha value is -0.0600. The van der Waals surface area contributed by atoms with Gasteiger partial charge in [-0.25, -0.2) is 0 Å². The normalized spacial score (nSPS) is 12.2. The average molecular weight is 369 g/mol. The fourth-order valence-electron chi connectivity index (χ4n) is 1.12. The number of hydrogen-bond acceptors (Lipinski definition) is 1. The summed E-state index contributed by atoms with van der Waals surface area (Å²) in [5, 5.41) is 3.28. The van der Waals surface area contributed by atoms with Crippen LogP contribution in [0.4, 0.5) is 0 Å². The number of hydrogen-bond donors (Lipinski definition) is 1. The van der Waals surface area contributed by atoms with E-state index in [4.69, 9.17) is 11.6 Å². The third-order valence-corrected chi connectivity index (χ3v) is 3.88. The number of rotatable bonds is 4. The number of amides is 1. The van der Waals surface area contributed by atoms with E-state index >= 15 is 0 Å². The van der Waals surface area contributed by atoms with Crippen LogP contribution in [0.15, 0.2) is 22.7 Å². The Morgan fingerprint density at radius 2 is 2.25 bits per heavy atom. The van der Waals surface area contributed by atoms with Gasteiger partial charge in [-0.15, -0.1) is 0 Å². The van der Waals surface area contributed by atoms with Gasteiger partial charge in [0, 0.05) is 15.8 Å². The second-order valence-electron chi connectivity index (χ2n) is 3.34. The zero-order chi connectivity index (χ0) is 12.1. The molecule has 0 aliphatic carbocycles. The van der Waals surface area contributed by atoms with Crippen LogP contribution in [0.25, 0.3) is 0 Å². The lowest BCUT2D eigenvalue weighted by molar-refractivity contribution is 0.0954. The molecule has 5 heteroatoms. The lowest BCUT2D eigenvalue weighted by atomic mass is 10.2. The van der Waals surface area contributed by atoms with Crippen LogP contribution < -0.4 is 5.32 Å². The van der Waals surface area contributed by atoms with Crippen molar-refractivity contribution in [1.82, 2.24) is 5.32 Å². The third kappa shape index (κ3) is 4.07. The van der Waals surface area contributed by atoms with Crippen molar-refractivity contribution in [2.45, 2.75) is 18.2 Å². The monoisotopic (exact) mass is 367 g/mol. The molecule has 0 aliphatic heterocycles. The van der Waals surface area contributed by atoms with Crippen LogP contribution in [0.5, 0.6) is 0 Å². The summed E-state index contributed by atoms with van der Waals surface area (Å²) in [6.07, 6.45) is 0.967. The molecule has 0 saturated heterocycles. The fourth-order valence-corrected chi connectivity index (χ4v) is 2.04. The summed E-state index contributed by atoms with van der Waals surface area (Å²) in [6.45, 7) is 2.65. The average Bonchev–Trinajstić information content (AvgIpc) is 2.25. The Morgan fingerprint density at radius 3 is 2.81 bits per heavy atom. The van der Waals surface area contributed by atoms with Crippen LogP contribution in [0.1, 0.15) is 23.7 Å². The zero-order valence-electron chi connectivity index (χ0n) is 8.77. The molecule has 1 amide bonds. The minimum Gasteiger partial charge on any atom is -0.351 e. The quantitative estimate of drug-likeness (QED) is 0.799. The van der Waals surface area contributed by atoms with Gasteiger partial charge < -0.3 is 5.32 Å². The molecular formula is C11H12Br2ClNO. The van der Waals surface area contributed by atoms with E-state index in [1.165, 1.54) is 0 Å². The molecule has 2 nitrogen and oxygen atoms in total. The summed E-state index contributed by atoms with van der Waals surface area (Å²) < 4.78 is 0.862. The van der Waals surface area contributed by atoms with Gasteiger partial charge in [0.15, 0.2) is 0 Å². The van der Waals surface area contributed by atoms with Crippen LogP contribution in [0.3, 0.4) is 0 Å². The first kappa shape index (κ1) is 14.0. The van der Waals surface area contributed by atoms with E-state index in [1.807, 2.05) is 0 Å². The molecular weight excluding hydrogens is 357 g/mol. The van der Waals surface area contributed by atoms with Gasteiger partial charge in [-0.3, -0.25) is 4.79 Å². The molecule has 0 aromatic heterocycles. The molecule has 0 aliphatic rings. The van der Waals surface area contributed by atoms with E-state index < -0.39 is 0 Å². The van der Waals surface area contributed by atoms with Gasteiger partial charge in [0.2, 0.25) is 0 Å². The molecule has 0 radical (unpaired) electrons. The van der Waals surface area contributed by atoms with Gasteiger partial charge in [0.25, 0.3) is 5.91 Å². The van der Waals surface area contributed by atoms with Gasteiger partial charge >= 0.3 is 0 Å². The van der Waals surface area contributed by atoms with Crippen molar-refractivity contribution in [3.63, 3.8) is 0 Å². The number of benzene rings is 1. The summed E-state index contributed by atoms with van der Waals surface area (Å²) in [7, 11) is 0. The third-order valence-electron chi connectivity index (χ3n) is 2.10. The van der Waals surface area contributed by atoms with Crippen molar-refractivity contribution < 1.29 is 4.79 Å². The zero-order valence-corrected chi connectivity index (χ0v) is 12.7. The minimum atomic E-state index is -0.143. The predicted octanol–water partition coefficient (Wildman–Crippen LogP) is 4.01. The largest absolute Gasteiger partial charge is 0.351 e. The van der Waals surface area contributed by atoms with Crippen molar-refractivity contribution in [2.75, 3.05) is 6.54 Å². The molecule has 1 rings (SSSR count). The number of nitrogens with one attached hydrogen (secondary N) is 1. The SMILES string of the molecule is CCC(Br)CNC(=O)c1ccc(Br)cc1Cl. The van der Waals surface area contributed by atoms with Gasteiger partial charge in [0.05, 0.1) is 10.6 Å². The topological polar surface area (TPSA) is 29.1 Å². The molecule has 0 bridgehead atoms. The number of carbonyl (C=O) groups is 1. The Morgan fingerprint density at radius 1 is 1.56 bits per heavy atom. The highest BCUT2D eigenvalue weighted by Crippen LogP contribution is 2.21. The van der Waals surface area contributed by atoms with E-state index in [0.29, 0.717) is 22.0 Å². The number of alkyl halides is 1. The van der Waals surface area contributed by atoms with Crippen molar-refractivity contribution in [3.8, 4) is 0 Å². The molecule has 1 unspecified atom stereocenters. The van der Waals surface area contributed by atoms with Crippen LogP contribution in [-0.2, 0) is 0 Å². The molecule has 1 aromatic rings. The molecule has 88 valence electrons.